The molecule has 1 saturated carbocycles. The first kappa shape index (κ1) is 12.9. The van der Waals surface area contributed by atoms with Crippen molar-refractivity contribution in [2.75, 3.05) is 5.75 Å². The standard InChI is InChI=1S/C12H14BrNO2S/c13-9-5-10(12(15)16)11(14-6-9)17-7-8-3-1-2-4-8/h5-6,8H,1-4,7H2,(H,15,16). The van der Waals surface area contributed by atoms with Crippen LogP contribution in [0.4, 0.5) is 0 Å². The van der Waals surface area contributed by atoms with Crippen LogP contribution in [0.25, 0.3) is 0 Å². The molecular formula is C12H14BrNO2S. The highest BCUT2D eigenvalue weighted by molar-refractivity contribution is 9.10. The molecule has 92 valence electrons. The third kappa shape index (κ3) is 3.45. The highest BCUT2D eigenvalue weighted by Gasteiger charge is 2.18. The van der Waals surface area contributed by atoms with Crippen molar-refractivity contribution < 1.29 is 9.90 Å². The van der Waals surface area contributed by atoms with Crippen LogP contribution in [-0.2, 0) is 0 Å². The molecule has 3 nitrogen and oxygen atoms in total. The first-order valence-corrected chi connectivity index (χ1v) is 7.46. The molecule has 1 aliphatic carbocycles. The number of hydrogen-bond donors (Lipinski definition) is 1. The highest BCUT2D eigenvalue weighted by atomic mass is 79.9. The monoisotopic (exact) mass is 315 g/mol. The first-order valence-electron chi connectivity index (χ1n) is 5.68. The van der Waals surface area contributed by atoms with Gasteiger partial charge < -0.3 is 5.11 Å². The summed E-state index contributed by atoms with van der Waals surface area (Å²) in [6, 6.07) is 1.62. The lowest BCUT2D eigenvalue weighted by molar-refractivity contribution is 0.0692. The Morgan fingerprint density at radius 3 is 2.88 bits per heavy atom. The van der Waals surface area contributed by atoms with Gasteiger partial charge in [-0.05, 0) is 40.8 Å². The zero-order valence-corrected chi connectivity index (χ0v) is 11.8. The number of aromatic carboxylic acids is 1. The largest absolute Gasteiger partial charge is 0.478 e. The second-order valence-electron chi connectivity index (χ2n) is 4.27. The number of thioether (sulfide) groups is 1. The zero-order valence-electron chi connectivity index (χ0n) is 9.36. The molecule has 0 atom stereocenters. The van der Waals surface area contributed by atoms with E-state index < -0.39 is 5.97 Å². The lowest BCUT2D eigenvalue weighted by atomic mass is 10.1. The molecule has 1 aliphatic rings. The van der Waals surface area contributed by atoms with Gasteiger partial charge >= 0.3 is 5.97 Å². The van der Waals surface area contributed by atoms with Gasteiger partial charge in [-0.1, -0.05) is 12.8 Å². The minimum absolute atomic E-state index is 0.294. The van der Waals surface area contributed by atoms with Gasteiger partial charge in [-0.2, -0.15) is 0 Å². The number of nitrogens with zero attached hydrogens (tertiary/aromatic N) is 1. The lowest BCUT2D eigenvalue weighted by Gasteiger charge is -2.09. The molecule has 17 heavy (non-hydrogen) atoms. The van der Waals surface area contributed by atoms with E-state index in [1.165, 1.54) is 25.7 Å². The highest BCUT2D eigenvalue weighted by Crippen LogP contribution is 2.32. The Labute approximate surface area is 113 Å². The van der Waals surface area contributed by atoms with Crippen LogP contribution in [0.3, 0.4) is 0 Å². The fraction of sp³-hybridized carbons (Fsp3) is 0.500. The summed E-state index contributed by atoms with van der Waals surface area (Å²) in [6.45, 7) is 0. The normalized spacial score (nSPS) is 16.3. The topological polar surface area (TPSA) is 50.2 Å². The van der Waals surface area contributed by atoms with Gasteiger partial charge in [0.2, 0.25) is 0 Å². The molecule has 0 radical (unpaired) electrons. The van der Waals surface area contributed by atoms with Crippen LogP contribution in [0, 0.1) is 5.92 Å². The molecule has 0 saturated heterocycles. The Balaban J connectivity index is 2.06. The maximum absolute atomic E-state index is 11.1. The maximum Gasteiger partial charge on any atom is 0.338 e. The number of carboxylic acid groups (broad SMARTS) is 1. The Hall–Kier alpha value is -0.550. The summed E-state index contributed by atoms with van der Waals surface area (Å²) in [6.07, 6.45) is 6.82. The Bertz CT molecular complexity index is 419. The van der Waals surface area contributed by atoms with Gasteiger partial charge in [-0.15, -0.1) is 11.8 Å². The zero-order chi connectivity index (χ0) is 12.3. The van der Waals surface area contributed by atoms with Gasteiger partial charge in [-0.3, -0.25) is 0 Å². The summed E-state index contributed by atoms with van der Waals surface area (Å²) in [5.74, 6) is 0.800. The molecule has 0 amide bonds. The molecule has 1 N–H and O–H groups in total. The van der Waals surface area contributed by atoms with E-state index in [9.17, 15) is 4.79 Å². The molecule has 1 aromatic heterocycles. The summed E-state index contributed by atoms with van der Waals surface area (Å²) in [5, 5.41) is 9.74. The van der Waals surface area contributed by atoms with Crippen molar-refractivity contribution in [2.45, 2.75) is 30.7 Å². The van der Waals surface area contributed by atoms with Gasteiger partial charge in [0, 0.05) is 16.4 Å². The van der Waals surface area contributed by atoms with Crippen LogP contribution in [-0.4, -0.2) is 21.8 Å². The predicted molar refractivity (Wildman–Crippen MR) is 71.6 cm³/mol. The number of carboxylic acids is 1. The van der Waals surface area contributed by atoms with E-state index in [1.807, 2.05) is 0 Å². The quantitative estimate of drug-likeness (QED) is 0.858. The van der Waals surface area contributed by atoms with Crippen LogP contribution >= 0.6 is 27.7 Å². The van der Waals surface area contributed by atoms with Crippen LogP contribution in [0.5, 0.6) is 0 Å². The number of carbonyl (C=O) groups is 1. The third-order valence-electron chi connectivity index (χ3n) is 2.98. The molecule has 1 aromatic rings. The molecule has 1 heterocycles. The van der Waals surface area contributed by atoms with Crippen LogP contribution < -0.4 is 0 Å². The third-order valence-corrected chi connectivity index (χ3v) is 4.65. The van der Waals surface area contributed by atoms with E-state index in [0.29, 0.717) is 15.1 Å². The van der Waals surface area contributed by atoms with Gasteiger partial charge in [0.25, 0.3) is 0 Å². The molecule has 5 heteroatoms. The molecule has 0 aromatic carbocycles. The molecule has 0 spiro atoms. The van der Waals surface area contributed by atoms with Crippen LogP contribution in [0.15, 0.2) is 21.8 Å². The van der Waals surface area contributed by atoms with Crippen molar-refractivity contribution in [1.82, 2.24) is 4.98 Å². The predicted octanol–water partition coefficient (Wildman–Crippen LogP) is 3.82. The van der Waals surface area contributed by atoms with Gasteiger partial charge in [0.15, 0.2) is 0 Å². The second-order valence-corrected chi connectivity index (χ2v) is 6.20. The van der Waals surface area contributed by atoms with Crippen molar-refractivity contribution in [3.05, 3.63) is 22.3 Å². The van der Waals surface area contributed by atoms with Crippen molar-refractivity contribution in [3.63, 3.8) is 0 Å². The average molecular weight is 316 g/mol. The number of hydrogen-bond acceptors (Lipinski definition) is 3. The van der Waals surface area contributed by atoms with E-state index >= 15 is 0 Å². The van der Waals surface area contributed by atoms with Gasteiger partial charge in [0.05, 0.1) is 5.56 Å². The average Bonchev–Trinajstić information content (AvgIpc) is 2.80. The minimum Gasteiger partial charge on any atom is -0.478 e. The van der Waals surface area contributed by atoms with Crippen molar-refractivity contribution in [2.24, 2.45) is 5.92 Å². The lowest BCUT2D eigenvalue weighted by Crippen LogP contribution is -2.03. The summed E-state index contributed by atoms with van der Waals surface area (Å²) in [7, 11) is 0. The van der Waals surface area contributed by atoms with E-state index in [1.54, 1.807) is 24.0 Å². The Morgan fingerprint density at radius 1 is 1.53 bits per heavy atom. The van der Waals surface area contributed by atoms with Gasteiger partial charge in [-0.25, -0.2) is 9.78 Å². The fourth-order valence-electron chi connectivity index (χ4n) is 2.07. The molecule has 1 fully saturated rings. The van der Waals surface area contributed by atoms with Crippen molar-refractivity contribution in [1.29, 1.82) is 0 Å². The number of pyridine rings is 1. The van der Waals surface area contributed by atoms with Crippen LogP contribution in [0.1, 0.15) is 36.0 Å². The summed E-state index contributed by atoms with van der Waals surface area (Å²) < 4.78 is 0.708. The summed E-state index contributed by atoms with van der Waals surface area (Å²) >= 11 is 4.82. The number of aromatic nitrogens is 1. The molecule has 2 rings (SSSR count). The molecule has 0 aliphatic heterocycles. The first-order chi connectivity index (χ1) is 8.16. The van der Waals surface area contributed by atoms with E-state index in [0.717, 1.165) is 11.7 Å². The summed E-state index contributed by atoms with van der Waals surface area (Å²) in [5.41, 5.74) is 0.294. The van der Waals surface area contributed by atoms with E-state index in [4.69, 9.17) is 5.11 Å². The SMILES string of the molecule is O=C(O)c1cc(Br)cnc1SCC1CCCC1. The molecular weight excluding hydrogens is 302 g/mol. The second kappa shape index (κ2) is 5.87. The fourth-order valence-corrected chi connectivity index (χ4v) is 3.56. The Morgan fingerprint density at radius 2 is 2.24 bits per heavy atom. The van der Waals surface area contributed by atoms with E-state index in [2.05, 4.69) is 20.9 Å². The summed E-state index contributed by atoms with van der Waals surface area (Å²) in [4.78, 5) is 15.3. The molecule has 0 bridgehead atoms. The maximum atomic E-state index is 11.1. The van der Waals surface area contributed by atoms with Crippen LogP contribution in [0.2, 0.25) is 0 Å². The van der Waals surface area contributed by atoms with E-state index in [-0.39, 0.29) is 0 Å². The van der Waals surface area contributed by atoms with Crippen molar-refractivity contribution in [3.8, 4) is 0 Å². The van der Waals surface area contributed by atoms with Gasteiger partial charge in [0.1, 0.15) is 5.03 Å². The number of halogens is 1. The molecule has 0 unspecified atom stereocenters. The minimum atomic E-state index is -0.910. The Kier molecular flexibility index (Phi) is 4.45. The van der Waals surface area contributed by atoms with Crippen molar-refractivity contribution >= 4 is 33.7 Å². The number of rotatable bonds is 4. The smallest absolute Gasteiger partial charge is 0.338 e.